The molecule has 0 fully saturated rings. The van der Waals surface area contributed by atoms with Crippen molar-refractivity contribution in [2.24, 2.45) is 0 Å². The molecule has 5 aromatic rings. The zero-order valence-electron chi connectivity index (χ0n) is 18.2. The minimum atomic E-state index is 0.515. The SMILES string of the molecule is Cc1ccc2nc(-c3ccc(NCc4cccc(OCc5ccc(Cl)cc5)c4)cc3)sc2c1. The van der Waals surface area contributed by atoms with Crippen LogP contribution in [0, 0.1) is 6.92 Å². The molecule has 0 aliphatic heterocycles. The summed E-state index contributed by atoms with van der Waals surface area (Å²) < 4.78 is 7.17. The predicted octanol–water partition coefficient (Wildman–Crippen LogP) is 8.12. The van der Waals surface area contributed by atoms with Crippen molar-refractivity contribution in [3.05, 3.63) is 113 Å². The Bertz CT molecular complexity index is 1380. The molecule has 1 heterocycles. The molecule has 1 N–H and O–H groups in total. The predicted molar refractivity (Wildman–Crippen MR) is 139 cm³/mol. The first kappa shape index (κ1) is 21.5. The minimum absolute atomic E-state index is 0.515. The molecule has 5 rings (SSSR count). The van der Waals surface area contributed by atoms with Gasteiger partial charge in [-0.15, -0.1) is 11.3 Å². The summed E-state index contributed by atoms with van der Waals surface area (Å²) in [6.07, 6.45) is 0. The molecule has 0 radical (unpaired) electrons. The third kappa shape index (κ3) is 5.36. The van der Waals surface area contributed by atoms with Crippen LogP contribution in [0.2, 0.25) is 5.02 Å². The van der Waals surface area contributed by atoms with E-state index in [2.05, 4.69) is 66.8 Å². The summed E-state index contributed by atoms with van der Waals surface area (Å²) in [6, 6.07) is 30.7. The maximum atomic E-state index is 5.95. The van der Waals surface area contributed by atoms with Crippen molar-refractivity contribution >= 4 is 38.8 Å². The van der Waals surface area contributed by atoms with E-state index in [4.69, 9.17) is 21.3 Å². The van der Waals surface area contributed by atoms with Gasteiger partial charge in [-0.3, -0.25) is 0 Å². The lowest BCUT2D eigenvalue weighted by Gasteiger charge is -2.10. The second-order valence-electron chi connectivity index (χ2n) is 7.98. The molecule has 33 heavy (non-hydrogen) atoms. The van der Waals surface area contributed by atoms with Gasteiger partial charge in [0.2, 0.25) is 0 Å². The van der Waals surface area contributed by atoms with Gasteiger partial charge >= 0.3 is 0 Å². The van der Waals surface area contributed by atoms with Crippen molar-refractivity contribution in [1.82, 2.24) is 4.98 Å². The number of benzene rings is 4. The summed E-state index contributed by atoms with van der Waals surface area (Å²) in [5.74, 6) is 0.852. The van der Waals surface area contributed by atoms with Gasteiger partial charge < -0.3 is 10.1 Å². The summed E-state index contributed by atoms with van der Waals surface area (Å²) in [4.78, 5) is 4.78. The fourth-order valence-electron chi connectivity index (χ4n) is 3.58. The summed E-state index contributed by atoms with van der Waals surface area (Å²) >= 11 is 7.68. The Kier molecular flexibility index (Phi) is 6.29. The van der Waals surface area contributed by atoms with E-state index in [0.717, 1.165) is 50.2 Å². The van der Waals surface area contributed by atoms with Gasteiger partial charge in [0.05, 0.1) is 10.2 Å². The number of fused-ring (bicyclic) bond motifs is 1. The van der Waals surface area contributed by atoms with Crippen LogP contribution < -0.4 is 10.1 Å². The normalized spacial score (nSPS) is 11.0. The molecule has 4 aromatic carbocycles. The lowest BCUT2D eigenvalue weighted by molar-refractivity contribution is 0.306. The standard InChI is InChI=1S/C28H23ClN2OS/c1-19-5-14-26-27(15-19)33-28(31-26)22-8-12-24(13-9-22)30-17-21-3-2-4-25(16-21)32-18-20-6-10-23(29)11-7-20/h2-16,30H,17-18H2,1H3. The lowest BCUT2D eigenvalue weighted by Crippen LogP contribution is -2.00. The highest BCUT2D eigenvalue weighted by Gasteiger charge is 2.07. The van der Waals surface area contributed by atoms with Crippen molar-refractivity contribution in [3.8, 4) is 16.3 Å². The zero-order chi connectivity index (χ0) is 22.6. The number of rotatable bonds is 7. The van der Waals surface area contributed by atoms with Crippen LogP contribution in [0.4, 0.5) is 5.69 Å². The Balaban J connectivity index is 1.20. The van der Waals surface area contributed by atoms with Crippen molar-refractivity contribution in [3.63, 3.8) is 0 Å². The van der Waals surface area contributed by atoms with Gasteiger partial charge in [-0.1, -0.05) is 41.9 Å². The van der Waals surface area contributed by atoms with Gasteiger partial charge in [0.15, 0.2) is 0 Å². The van der Waals surface area contributed by atoms with Crippen molar-refractivity contribution in [2.45, 2.75) is 20.1 Å². The van der Waals surface area contributed by atoms with E-state index < -0.39 is 0 Å². The number of anilines is 1. The Labute approximate surface area is 202 Å². The van der Waals surface area contributed by atoms with Gasteiger partial charge in [0, 0.05) is 22.8 Å². The Morgan fingerprint density at radius 3 is 2.52 bits per heavy atom. The van der Waals surface area contributed by atoms with Crippen LogP contribution in [-0.2, 0) is 13.2 Å². The number of thiazole rings is 1. The molecule has 5 heteroatoms. The van der Waals surface area contributed by atoms with Gasteiger partial charge in [0.25, 0.3) is 0 Å². The molecule has 0 amide bonds. The van der Waals surface area contributed by atoms with Crippen LogP contribution in [0.5, 0.6) is 5.75 Å². The Morgan fingerprint density at radius 1 is 0.879 bits per heavy atom. The van der Waals surface area contributed by atoms with E-state index in [-0.39, 0.29) is 0 Å². The molecule has 3 nitrogen and oxygen atoms in total. The summed E-state index contributed by atoms with van der Waals surface area (Å²) in [7, 11) is 0. The molecule has 164 valence electrons. The van der Waals surface area contributed by atoms with Crippen LogP contribution >= 0.6 is 22.9 Å². The first-order chi connectivity index (χ1) is 16.1. The molecule has 0 bridgehead atoms. The molecule has 0 spiro atoms. The molecular weight excluding hydrogens is 448 g/mol. The Hall–Kier alpha value is -3.34. The zero-order valence-corrected chi connectivity index (χ0v) is 19.8. The molecule has 0 unspecified atom stereocenters. The number of aryl methyl sites for hydroxylation is 1. The second kappa shape index (κ2) is 9.65. The average Bonchev–Trinajstić information content (AvgIpc) is 3.26. The first-order valence-electron chi connectivity index (χ1n) is 10.8. The number of hydrogen-bond donors (Lipinski definition) is 1. The van der Waals surface area contributed by atoms with Crippen molar-refractivity contribution < 1.29 is 4.74 Å². The van der Waals surface area contributed by atoms with E-state index in [1.165, 1.54) is 10.3 Å². The summed E-state index contributed by atoms with van der Waals surface area (Å²) in [5, 5.41) is 5.27. The van der Waals surface area contributed by atoms with Gasteiger partial charge in [-0.2, -0.15) is 0 Å². The highest BCUT2D eigenvalue weighted by molar-refractivity contribution is 7.21. The third-order valence-corrected chi connectivity index (χ3v) is 6.71. The highest BCUT2D eigenvalue weighted by atomic mass is 35.5. The number of nitrogens with one attached hydrogen (secondary N) is 1. The average molecular weight is 471 g/mol. The lowest BCUT2D eigenvalue weighted by atomic mass is 10.2. The third-order valence-electron chi connectivity index (χ3n) is 5.39. The van der Waals surface area contributed by atoms with Gasteiger partial charge in [0.1, 0.15) is 17.4 Å². The first-order valence-corrected chi connectivity index (χ1v) is 12.0. The van der Waals surface area contributed by atoms with Gasteiger partial charge in [-0.05, 0) is 84.3 Å². The van der Waals surface area contributed by atoms with Crippen LogP contribution in [0.15, 0.2) is 91.0 Å². The second-order valence-corrected chi connectivity index (χ2v) is 9.45. The van der Waals surface area contributed by atoms with Crippen molar-refractivity contribution in [2.75, 3.05) is 5.32 Å². The molecule has 0 saturated heterocycles. The van der Waals surface area contributed by atoms with E-state index >= 15 is 0 Å². The van der Waals surface area contributed by atoms with Gasteiger partial charge in [-0.25, -0.2) is 4.98 Å². The fraction of sp³-hybridized carbons (Fsp3) is 0.107. The number of nitrogens with zero attached hydrogens (tertiary/aromatic N) is 1. The largest absolute Gasteiger partial charge is 0.489 e. The summed E-state index contributed by atoms with van der Waals surface area (Å²) in [6.45, 7) is 3.35. The van der Waals surface area contributed by atoms with E-state index in [9.17, 15) is 0 Å². The maximum absolute atomic E-state index is 5.95. The minimum Gasteiger partial charge on any atom is -0.489 e. The topological polar surface area (TPSA) is 34.2 Å². The summed E-state index contributed by atoms with van der Waals surface area (Å²) in [5.41, 5.74) is 6.78. The monoisotopic (exact) mass is 470 g/mol. The van der Waals surface area contributed by atoms with Crippen LogP contribution in [0.25, 0.3) is 20.8 Å². The molecular formula is C28H23ClN2OS. The van der Waals surface area contributed by atoms with Crippen LogP contribution in [0.3, 0.4) is 0 Å². The number of hydrogen-bond acceptors (Lipinski definition) is 4. The fourth-order valence-corrected chi connectivity index (χ4v) is 4.78. The maximum Gasteiger partial charge on any atom is 0.124 e. The van der Waals surface area contributed by atoms with Crippen molar-refractivity contribution in [1.29, 1.82) is 0 Å². The highest BCUT2D eigenvalue weighted by Crippen LogP contribution is 2.31. The number of halogens is 1. The molecule has 0 atom stereocenters. The smallest absolute Gasteiger partial charge is 0.124 e. The van der Waals surface area contributed by atoms with E-state index in [1.54, 1.807) is 11.3 Å². The molecule has 0 saturated carbocycles. The van der Waals surface area contributed by atoms with E-state index in [0.29, 0.717) is 6.61 Å². The van der Waals surface area contributed by atoms with E-state index in [1.807, 2.05) is 36.4 Å². The quantitative estimate of drug-likeness (QED) is 0.261. The Morgan fingerprint density at radius 2 is 1.70 bits per heavy atom. The molecule has 1 aromatic heterocycles. The molecule has 0 aliphatic rings. The number of ether oxygens (including phenoxy) is 1. The van der Waals surface area contributed by atoms with Crippen LogP contribution in [-0.4, -0.2) is 4.98 Å². The molecule has 0 aliphatic carbocycles. The van der Waals surface area contributed by atoms with Crippen LogP contribution in [0.1, 0.15) is 16.7 Å². The number of aromatic nitrogens is 1.